The van der Waals surface area contributed by atoms with Crippen LogP contribution in [0, 0.1) is 0 Å². The molecular weight excluding hydrogens is 376 g/mol. The van der Waals surface area contributed by atoms with E-state index in [1.807, 2.05) is 23.9 Å². The first-order chi connectivity index (χ1) is 14.3. The summed E-state index contributed by atoms with van der Waals surface area (Å²) in [7, 11) is 0. The highest BCUT2D eigenvalue weighted by Gasteiger charge is 2.19. The monoisotopic (exact) mass is 409 g/mol. The van der Waals surface area contributed by atoms with Gasteiger partial charge < -0.3 is 10.2 Å². The topological polar surface area (TPSA) is 33.5 Å². The summed E-state index contributed by atoms with van der Waals surface area (Å²) in [5, 5.41) is 3.89. The van der Waals surface area contributed by atoms with Gasteiger partial charge in [-0.1, -0.05) is 55.7 Å². The lowest BCUT2D eigenvalue weighted by Crippen LogP contribution is -3.10. The molecule has 2 aliphatic rings. The van der Waals surface area contributed by atoms with Gasteiger partial charge in [0.2, 0.25) is 0 Å². The van der Waals surface area contributed by atoms with Crippen molar-refractivity contribution in [2.24, 2.45) is 0 Å². The third-order valence-corrected chi connectivity index (χ3v) is 7.65. The minimum Gasteiger partial charge on any atom is -0.351 e. The van der Waals surface area contributed by atoms with Crippen LogP contribution in [0.2, 0.25) is 0 Å². The SMILES string of the molecule is O=C(NCCSC1CCCCC1)c1ccc(C[NH+]2CCc3ccccc3C2)cc1. The Kier molecular flexibility index (Phi) is 7.28. The zero-order chi connectivity index (χ0) is 19.9. The zero-order valence-electron chi connectivity index (χ0n) is 17.3. The molecule has 2 N–H and O–H groups in total. The standard InChI is InChI=1S/C25H32N2OS/c28-25(26-15-17-29-24-8-2-1-3-9-24)22-12-10-20(11-13-22)18-27-16-14-21-6-4-5-7-23(21)19-27/h4-7,10-13,24H,1-3,8-9,14-19H2,(H,26,28)/p+1. The maximum Gasteiger partial charge on any atom is 0.251 e. The quantitative estimate of drug-likeness (QED) is 0.685. The van der Waals surface area contributed by atoms with Crippen molar-refractivity contribution >= 4 is 17.7 Å². The Morgan fingerprint density at radius 2 is 1.76 bits per heavy atom. The van der Waals surface area contributed by atoms with Gasteiger partial charge in [0.25, 0.3) is 5.91 Å². The summed E-state index contributed by atoms with van der Waals surface area (Å²) >= 11 is 2.03. The maximum absolute atomic E-state index is 12.4. The van der Waals surface area contributed by atoms with E-state index in [9.17, 15) is 4.79 Å². The van der Waals surface area contributed by atoms with Gasteiger partial charge in [0.1, 0.15) is 13.1 Å². The van der Waals surface area contributed by atoms with Gasteiger partial charge in [-0.25, -0.2) is 0 Å². The van der Waals surface area contributed by atoms with Crippen molar-refractivity contribution < 1.29 is 9.69 Å². The largest absolute Gasteiger partial charge is 0.351 e. The van der Waals surface area contributed by atoms with E-state index in [2.05, 4.69) is 41.7 Å². The number of hydrogen-bond donors (Lipinski definition) is 2. The van der Waals surface area contributed by atoms with Gasteiger partial charge in [-0.3, -0.25) is 4.79 Å². The fourth-order valence-corrected chi connectivity index (χ4v) is 5.80. The van der Waals surface area contributed by atoms with Gasteiger partial charge in [-0.2, -0.15) is 11.8 Å². The van der Waals surface area contributed by atoms with Crippen molar-refractivity contribution in [2.75, 3.05) is 18.8 Å². The molecule has 2 aromatic carbocycles. The van der Waals surface area contributed by atoms with Crippen molar-refractivity contribution in [3.8, 4) is 0 Å². The smallest absolute Gasteiger partial charge is 0.251 e. The molecule has 1 aliphatic carbocycles. The molecule has 0 aromatic heterocycles. The van der Waals surface area contributed by atoms with E-state index in [-0.39, 0.29) is 5.91 Å². The summed E-state index contributed by atoms with van der Waals surface area (Å²) < 4.78 is 0. The molecule has 154 valence electrons. The Morgan fingerprint density at radius 3 is 2.55 bits per heavy atom. The first kappa shape index (κ1) is 20.5. The average molecular weight is 410 g/mol. The second-order valence-electron chi connectivity index (χ2n) is 8.46. The van der Waals surface area contributed by atoms with Crippen molar-refractivity contribution in [1.29, 1.82) is 0 Å². The van der Waals surface area contributed by atoms with Gasteiger partial charge in [0, 0.05) is 40.7 Å². The van der Waals surface area contributed by atoms with Gasteiger partial charge in [-0.15, -0.1) is 0 Å². The highest BCUT2D eigenvalue weighted by Crippen LogP contribution is 2.27. The second kappa shape index (κ2) is 10.3. The molecule has 3 nitrogen and oxygen atoms in total. The fraction of sp³-hybridized carbons (Fsp3) is 0.480. The first-order valence-corrected chi connectivity index (χ1v) is 12.2. The van der Waals surface area contributed by atoms with Crippen LogP contribution in [-0.2, 0) is 19.5 Å². The fourth-order valence-electron chi connectivity index (χ4n) is 4.58. The Bertz CT molecular complexity index is 799. The van der Waals surface area contributed by atoms with Crippen LogP contribution < -0.4 is 10.2 Å². The lowest BCUT2D eigenvalue weighted by atomic mass is 9.99. The van der Waals surface area contributed by atoms with Crippen LogP contribution in [-0.4, -0.2) is 30.0 Å². The normalized spacial score (nSPS) is 19.5. The van der Waals surface area contributed by atoms with E-state index >= 15 is 0 Å². The molecule has 0 saturated heterocycles. The van der Waals surface area contributed by atoms with Crippen LogP contribution in [0.1, 0.15) is 59.2 Å². The highest BCUT2D eigenvalue weighted by molar-refractivity contribution is 7.99. The van der Waals surface area contributed by atoms with Crippen LogP contribution >= 0.6 is 11.8 Å². The minimum atomic E-state index is 0.0556. The lowest BCUT2D eigenvalue weighted by molar-refractivity contribution is -0.929. The Morgan fingerprint density at radius 1 is 1.00 bits per heavy atom. The number of fused-ring (bicyclic) bond motifs is 1. The van der Waals surface area contributed by atoms with Gasteiger partial charge in [-0.05, 0) is 30.5 Å². The van der Waals surface area contributed by atoms with Crippen LogP contribution in [0.3, 0.4) is 0 Å². The van der Waals surface area contributed by atoms with Crippen LogP contribution in [0.4, 0.5) is 0 Å². The molecule has 1 unspecified atom stereocenters. The second-order valence-corrected chi connectivity index (χ2v) is 9.86. The predicted octanol–water partition coefficient (Wildman–Crippen LogP) is 3.62. The molecule has 2 aromatic rings. The van der Waals surface area contributed by atoms with E-state index < -0.39 is 0 Å². The van der Waals surface area contributed by atoms with Crippen molar-refractivity contribution in [3.05, 3.63) is 70.8 Å². The van der Waals surface area contributed by atoms with E-state index in [0.29, 0.717) is 0 Å². The van der Waals surface area contributed by atoms with Crippen molar-refractivity contribution in [2.45, 2.75) is 56.9 Å². The Hall–Kier alpha value is -1.78. The number of amides is 1. The highest BCUT2D eigenvalue weighted by atomic mass is 32.2. The van der Waals surface area contributed by atoms with Crippen LogP contribution in [0.5, 0.6) is 0 Å². The molecule has 1 atom stereocenters. The lowest BCUT2D eigenvalue weighted by Gasteiger charge is -2.26. The zero-order valence-corrected chi connectivity index (χ0v) is 18.1. The number of thioether (sulfide) groups is 1. The number of carbonyl (C=O) groups excluding carboxylic acids is 1. The van der Waals surface area contributed by atoms with Gasteiger partial charge in [0.05, 0.1) is 6.54 Å². The predicted molar refractivity (Wildman–Crippen MR) is 121 cm³/mol. The van der Waals surface area contributed by atoms with E-state index in [1.165, 1.54) is 55.3 Å². The van der Waals surface area contributed by atoms with Crippen molar-refractivity contribution in [1.82, 2.24) is 5.32 Å². The summed E-state index contributed by atoms with van der Waals surface area (Å²) in [4.78, 5) is 14.0. The third-order valence-electron chi connectivity index (χ3n) is 6.27. The number of carbonyl (C=O) groups is 1. The number of nitrogens with one attached hydrogen (secondary N) is 2. The summed E-state index contributed by atoms with van der Waals surface area (Å²) in [6, 6.07) is 17.0. The Labute approximate surface area is 179 Å². The van der Waals surface area contributed by atoms with Gasteiger partial charge in [0.15, 0.2) is 0 Å². The maximum atomic E-state index is 12.4. The van der Waals surface area contributed by atoms with Crippen molar-refractivity contribution in [3.63, 3.8) is 0 Å². The minimum absolute atomic E-state index is 0.0556. The Balaban J connectivity index is 1.21. The van der Waals surface area contributed by atoms with Gasteiger partial charge >= 0.3 is 0 Å². The molecule has 4 rings (SSSR count). The summed E-state index contributed by atoms with van der Waals surface area (Å²) in [5.74, 6) is 1.08. The summed E-state index contributed by atoms with van der Waals surface area (Å²) in [5.41, 5.74) is 5.07. The summed E-state index contributed by atoms with van der Waals surface area (Å²) in [6.45, 7) is 4.06. The molecule has 4 heteroatoms. The number of rotatable bonds is 7. The molecule has 1 fully saturated rings. The molecule has 0 bridgehead atoms. The summed E-state index contributed by atoms with van der Waals surface area (Å²) in [6.07, 6.45) is 8.01. The van der Waals surface area contributed by atoms with E-state index in [0.717, 1.165) is 42.6 Å². The van der Waals surface area contributed by atoms with Crippen LogP contribution in [0.25, 0.3) is 0 Å². The number of benzene rings is 2. The molecule has 29 heavy (non-hydrogen) atoms. The number of quaternary nitrogens is 1. The first-order valence-electron chi connectivity index (χ1n) is 11.2. The van der Waals surface area contributed by atoms with E-state index in [4.69, 9.17) is 0 Å². The molecule has 1 amide bonds. The molecule has 0 radical (unpaired) electrons. The average Bonchev–Trinajstić information content (AvgIpc) is 2.78. The molecule has 1 saturated carbocycles. The molecular formula is C25H33N2OS+. The third kappa shape index (κ3) is 5.86. The van der Waals surface area contributed by atoms with Crippen LogP contribution in [0.15, 0.2) is 48.5 Å². The number of hydrogen-bond acceptors (Lipinski definition) is 2. The van der Waals surface area contributed by atoms with E-state index in [1.54, 1.807) is 4.90 Å². The molecule has 0 spiro atoms. The molecule has 1 heterocycles. The molecule has 1 aliphatic heterocycles.